The SMILES string of the molecule is Cn1nc(CC(=O)N2CCCCC2c2n[nH]c(=O)[nH]2)c2ccccc21. The molecule has 4 rings (SSSR count). The number of nitrogens with zero attached hydrogens (tertiary/aromatic N) is 4. The molecule has 1 atom stereocenters. The van der Waals surface area contributed by atoms with E-state index < -0.39 is 0 Å². The van der Waals surface area contributed by atoms with Crippen molar-refractivity contribution in [3.63, 3.8) is 0 Å². The zero-order valence-electron chi connectivity index (χ0n) is 14.0. The molecule has 3 heterocycles. The predicted molar refractivity (Wildman–Crippen MR) is 91.9 cm³/mol. The van der Waals surface area contributed by atoms with Crippen LogP contribution in [0.5, 0.6) is 0 Å². The lowest BCUT2D eigenvalue weighted by atomic mass is 10.0. The summed E-state index contributed by atoms with van der Waals surface area (Å²) in [6.07, 6.45) is 3.01. The van der Waals surface area contributed by atoms with Crippen LogP contribution >= 0.6 is 0 Å². The average Bonchev–Trinajstić information content (AvgIpc) is 3.19. The van der Waals surface area contributed by atoms with Gasteiger partial charge in [-0.05, 0) is 25.3 Å². The van der Waals surface area contributed by atoms with Crippen molar-refractivity contribution in [2.75, 3.05) is 6.54 Å². The molecule has 8 nitrogen and oxygen atoms in total. The number of amides is 1. The van der Waals surface area contributed by atoms with E-state index in [1.165, 1.54) is 0 Å². The van der Waals surface area contributed by atoms with Crippen molar-refractivity contribution in [3.05, 3.63) is 46.3 Å². The van der Waals surface area contributed by atoms with E-state index in [1.54, 1.807) is 4.68 Å². The number of aromatic amines is 2. The maximum absolute atomic E-state index is 13.0. The van der Waals surface area contributed by atoms with Crippen molar-refractivity contribution in [1.82, 2.24) is 29.9 Å². The normalized spacial score (nSPS) is 18.0. The summed E-state index contributed by atoms with van der Waals surface area (Å²) >= 11 is 0. The number of hydrogen-bond donors (Lipinski definition) is 2. The molecule has 1 aromatic carbocycles. The van der Waals surface area contributed by atoms with Crippen LogP contribution in [0, 0.1) is 0 Å². The van der Waals surface area contributed by atoms with Crippen LogP contribution in [0.3, 0.4) is 0 Å². The van der Waals surface area contributed by atoms with E-state index in [4.69, 9.17) is 0 Å². The number of likely N-dealkylation sites (tertiary alicyclic amines) is 1. The van der Waals surface area contributed by atoms with Crippen molar-refractivity contribution in [1.29, 1.82) is 0 Å². The van der Waals surface area contributed by atoms with Crippen LogP contribution in [0.1, 0.15) is 36.8 Å². The second kappa shape index (κ2) is 6.19. The number of nitrogens with one attached hydrogen (secondary N) is 2. The van der Waals surface area contributed by atoms with Crippen molar-refractivity contribution in [3.8, 4) is 0 Å². The van der Waals surface area contributed by atoms with Crippen molar-refractivity contribution < 1.29 is 4.79 Å². The summed E-state index contributed by atoms with van der Waals surface area (Å²) in [5, 5.41) is 11.9. The van der Waals surface area contributed by atoms with Gasteiger partial charge in [0.25, 0.3) is 0 Å². The van der Waals surface area contributed by atoms with Gasteiger partial charge in [-0.1, -0.05) is 18.2 Å². The average molecular weight is 340 g/mol. The summed E-state index contributed by atoms with van der Waals surface area (Å²) in [5.74, 6) is 0.543. The number of carbonyl (C=O) groups is 1. The Morgan fingerprint density at radius 2 is 2.16 bits per heavy atom. The van der Waals surface area contributed by atoms with Crippen LogP contribution < -0.4 is 5.69 Å². The van der Waals surface area contributed by atoms with Gasteiger partial charge in [0.1, 0.15) is 0 Å². The molecule has 0 saturated carbocycles. The van der Waals surface area contributed by atoms with E-state index in [0.717, 1.165) is 35.9 Å². The standard InChI is InChI=1S/C17H20N6O2/c1-22-13-7-3-2-6-11(13)12(21-22)10-15(24)23-9-5-4-8-14(23)16-18-17(25)20-19-16/h2-3,6-7,14H,4-5,8-10H2,1H3,(H2,18,19,20,25). The van der Waals surface area contributed by atoms with Gasteiger partial charge in [0.15, 0.2) is 5.82 Å². The van der Waals surface area contributed by atoms with Crippen LogP contribution in [0.2, 0.25) is 0 Å². The van der Waals surface area contributed by atoms with Crippen molar-refractivity contribution >= 4 is 16.8 Å². The number of hydrogen-bond acceptors (Lipinski definition) is 4. The number of aryl methyl sites for hydroxylation is 1. The van der Waals surface area contributed by atoms with Gasteiger partial charge < -0.3 is 4.90 Å². The number of rotatable bonds is 3. The third-order valence-corrected chi connectivity index (χ3v) is 4.81. The maximum Gasteiger partial charge on any atom is 0.340 e. The van der Waals surface area contributed by atoms with Gasteiger partial charge in [0, 0.05) is 19.0 Å². The van der Waals surface area contributed by atoms with E-state index >= 15 is 0 Å². The first-order valence-electron chi connectivity index (χ1n) is 8.48. The lowest BCUT2D eigenvalue weighted by molar-refractivity contribution is -0.134. The molecule has 1 aliphatic rings. The van der Waals surface area contributed by atoms with Crippen molar-refractivity contribution in [2.45, 2.75) is 31.7 Å². The fourth-order valence-electron chi connectivity index (χ4n) is 3.62. The minimum absolute atomic E-state index is 0.0115. The molecule has 1 amide bonds. The second-order valence-corrected chi connectivity index (χ2v) is 6.43. The molecule has 25 heavy (non-hydrogen) atoms. The molecular formula is C17H20N6O2. The summed E-state index contributed by atoms with van der Waals surface area (Å²) in [6, 6.07) is 7.72. The summed E-state index contributed by atoms with van der Waals surface area (Å²) in [5.41, 5.74) is 1.45. The fourth-order valence-corrected chi connectivity index (χ4v) is 3.62. The second-order valence-electron chi connectivity index (χ2n) is 6.43. The molecule has 0 radical (unpaired) electrons. The third kappa shape index (κ3) is 2.84. The Kier molecular flexibility index (Phi) is 3.87. The first kappa shape index (κ1) is 15.6. The van der Waals surface area contributed by atoms with E-state index in [-0.39, 0.29) is 24.1 Å². The quantitative estimate of drug-likeness (QED) is 0.750. The highest BCUT2D eigenvalue weighted by atomic mass is 16.2. The molecular weight excluding hydrogens is 320 g/mol. The molecule has 8 heteroatoms. The van der Waals surface area contributed by atoms with Gasteiger partial charge in [-0.3, -0.25) is 14.5 Å². The highest BCUT2D eigenvalue weighted by Gasteiger charge is 2.30. The largest absolute Gasteiger partial charge is 0.340 e. The Morgan fingerprint density at radius 1 is 1.32 bits per heavy atom. The minimum Gasteiger partial charge on any atom is -0.332 e. The number of benzene rings is 1. The Bertz CT molecular complexity index is 969. The molecule has 1 unspecified atom stereocenters. The lowest BCUT2D eigenvalue weighted by Gasteiger charge is -2.34. The molecule has 1 saturated heterocycles. The zero-order chi connectivity index (χ0) is 17.4. The molecule has 2 aromatic heterocycles. The van der Waals surface area contributed by atoms with Gasteiger partial charge in [0.2, 0.25) is 5.91 Å². The Labute approximate surface area is 143 Å². The van der Waals surface area contributed by atoms with Crippen LogP contribution in [0.15, 0.2) is 29.1 Å². The number of H-pyrrole nitrogens is 2. The first-order valence-corrected chi connectivity index (χ1v) is 8.48. The molecule has 2 N–H and O–H groups in total. The monoisotopic (exact) mass is 340 g/mol. The fraction of sp³-hybridized carbons (Fsp3) is 0.412. The van der Waals surface area contributed by atoms with E-state index in [0.29, 0.717) is 12.4 Å². The predicted octanol–water partition coefficient (Wildman–Crippen LogP) is 1.28. The first-order chi connectivity index (χ1) is 12.1. The van der Waals surface area contributed by atoms with Gasteiger partial charge in [-0.25, -0.2) is 9.89 Å². The molecule has 130 valence electrons. The summed E-state index contributed by atoms with van der Waals surface area (Å²) in [6.45, 7) is 0.670. The van der Waals surface area contributed by atoms with Gasteiger partial charge in [-0.15, -0.1) is 0 Å². The van der Waals surface area contributed by atoms with Crippen LogP contribution in [-0.4, -0.2) is 42.3 Å². The van der Waals surface area contributed by atoms with Gasteiger partial charge in [-0.2, -0.15) is 10.2 Å². The smallest absolute Gasteiger partial charge is 0.332 e. The summed E-state index contributed by atoms with van der Waals surface area (Å²) in [7, 11) is 1.88. The summed E-state index contributed by atoms with van der Waals surface area (Å²) in [4.78, 5) is 28.8. The molecule has 0 bridgehead atoms. The van der Waals surface area contributed by atoms with Gasteiger partial charge >= 0.3 is 5.69 Å². The topological polar surface area (TPSA) is 99.7 Å². The third-order valence-electron chi connectivity index (χ3n) is 4.81. The summed E-state index contributed by atoms with van der Waals surface area (Å²) < 4.78 is 1.80. The number of piperidine rings is 1. The molecule has 1 aliphatic heterocycles. The van der Waals surface area contributed by atoms with Crippen LogP contribution in [0.4, 0.5) is 0 Å². The van der Waals surface area contributed by atoms with Crippen LogP contribution in [-0.2, 0) is 18.3 Å². The lowest BCUT2D eigenvalue weighted by Crippen LogP contribution is -2.40. The molecule has 0 spiro atoms. The van der Waals surface area contributed by atoms with Crippen molar-refractivity contribution in [2.24, 2.45) is 7.05 Å². The molecule has 3 aromatic rings. The Balaban J connectivity index is 1.61. The van der Waals surface area contributed by atoms with Crippen LogP contribution in [0.25, 0.3) is 10.9 Å². The van der Waals surface area contributed by atoms with E-state index in [9.17, 15) is 9.59 Å². The zero-order valence-corrected chi connectivity index (χ0v) is 14.0. The molecule has 1 fully saturated rings. The van der Waals surface area contributed by atoms with Gasteiger partial charge in [0.05, 0.1) is 23.7 Å². The van der Waals surface area contributed by atoms with E-state index in [1.807, 2.05) is 36.2 Å². The minimum atomic E-state index is -0.344. The Morgan fingerprint density at radius 3 is 2.96 bits per heavy atom. The maximum atomic E-state index is 13.0. The number of fused-ring (bicyclic) bond motifs is 1. The van der Waals surface area contributed by atoms with E-state index in [2.05, 4.69) is 20.3 Å². The number of para-hydroxylation sites is 1. The Hall–Kier alpha value is -2.90. The number of carbonyl (C=O) groups excluding carboxylic acids is 1. The number of aromatic nitrogens is 5. The molecule has 0 aliphatic carbocycles. The highest BCUT2D eigenvalue weighted by molar-refractivity contribution is 5.87. The highest BCUT2D eigenvalue weighted by Crippen LogP contribution is 2.29.